The Bertz CT molecular complexity index is 180. The molecule has 0 saturated heterocycles. The average Bonchev–Trinajstić information content (AvgIpc) is 2.13. The summed E-state index contributed by atoms with van der Waals surface area (Å²) >= 11 is 0. The second-order valence-corrected chi connectivity index (χ2v) is 5.05. The summed E-state index contributed by atoms with van der Waals surface area (Å²) in [6.45, 7) is 12.1. The third-order valence-electron chi connectivity index (χ3n) is 2.24. The van der Waals surface area contributed by atoms with E-state index in [1.807, 2.05) is 11.8 Å². The lowest BCUT2D eigenvalue weighted by Crippen LogP contribution is -2.46. The first-order valence-corrected chi connectivity index (χ1v) is 5.92. The molecule has 0 aliphatic heterocycles. The van der Waals surface area contributed by atoms with Gasteiger partial charge in [-0.2, -0.15) is 0 Å². The Morgan fingerprint density at radius 3 is 1.80 bits per heavy atom. The van der Waals surface area contributed by atoms with Gasteiger partial charge in [-0.1, -0.05) is 34.6 Å². The molecule has 0 rings (SSSR count). The Hall–Kier alpha value is -0.570. The van der Waals surface area contributed by atoms with Crippen molar-refractivity contribution in [3.8, 4) is 0 Å². The smallest absolute Gasteiger partial charge is 0.239 e. The van der Waals surface area contributed by atoms with Gasteiger partial charge in [0.25, 0.3) is 0 Å². The summed E-state index contributed by atoms with van der Waals surface area (Å²) in [4.78, 5) is 13.9. The van der Waals surface area contributed by atoms with Gasteiger partial charge in [0.05, 0.1) is 6.04 Å². The van der Waals surface area contributed by atoms with E-state index in [0.717, 1.165) is 13.1 Å². The van der Waals surface area contributed by atoms with E-state index >= 15 is 0 Å². The van der Waals surface area contributed by atoms with Crippen molar-refractivity contribution >= 4 is 5.91 Å². The monoisotopic (exact) mass is 214 g/mol. The maximum atomic E-state index is 11.9. The third kappa shape index (κ3) is 5.78. The highest BCUT2D eigenvalue weighted by Crippen LogP contribution is 2.06. The fraction of sp³-hybridized carbons (Fsp3) is 0.917. The fourth-order valence-electron chi connectivity index (χ4n) is 1.55. The maximum absolute atomic E-state index is 11.9. The molecule has 0 aromatic rings. The molecule has 1 amide bonds. The van der Waals surface area contributed by atoms with Crippen molar-refractivity contribution in [1.82, 2.24) is 4.90 Å². The number of hydrogen-bond acceptors (Lipinski definition) is 2. The first-order chi connectivity index (χ1) is 6.88. The summed E-state index contributed by atoms with van der Waals surface area (Å²) in [5.41, 5.74) is 5.78. The van der Waals surface area contributed by atoms with Crippen LogP contribution in [0.3, 0.4) is 0 Å². The molecule has 0 saturated carbocycles. The predicted molar refractivity (Wildman–Crippen MR) is 64.5 cm³/mol. The van der Waals surface area contributed by atoms with E-state index in [2.05, 4.69) is 27.7 Å². The normalized spacial score (nSPS) is 13.3. The molecule has 90 valence electrons. The van der Waals surface area contributed by atoms with Crippen LogP contribution in [0.15, 0.2) is 0 Å². The van der Waals surface area contributed by atoms with E-state index in [0.29, 0.717) is 18.3 Å². The molecule has 0 spiro atoms. The zero-order chi connectivity index (χ0) is 12.0. The van der Waals surface area contributed by atoms with Gasteiger partial charge in [-0.3, -0.25) is 4.79 Å². The Morgan fingerprint density at radius 1 is 1.13 bits per heavy atom. The van der Waals surface area contributed by atoms with Gasteiger partial charge in [0, 0.05) is 13.1 Å². The third-order valence-corrected chi connectivity index (χ3v) is 2.24. The zero-order valence-corrected chi connectivity index (χ0v) is 10.8. The van der Waals surface area contributed by atoms with Gasteiger partial charge < -0.3 is 10.6 Å². The van der Waals surface area contributed by atoms with Gasteiger partial charge in [0.2, 0.25) is 5.91 Å². The van der Waals surface area contributed by atoms with Gasteiger partial charge >= 0.3 is 0 Å². The lowest BCUT2D eigenvalue weighted by Gasteiger charge is -2.28. The fourth-order valence-corrected chi connectivity index (χ4v) is 1.55. The Labute approximate surface area is 94.0 Å². The predicted octanol–water partition coefficient (Wildman–Crippen LogP) is 1.86. The van der Waals surface area contributed by atoms with Crippen LogP contribution < -0.4 is 5.73 Å². The Kier molecular flexibility index (Phi) is 6.57. The number of amides is 1. The van der Waals surface area contributed by atoms with E-state index in [4.69, 9.17) is 5.73 Å². The van der Waals surface area contributed by atoms with Crippen molar-refractivity contribution < 1.29 is 4.79 Å². The van der Waals surface area contributed by atoms with Crippen molar-refractivity contribution in [3.63, 3.8) is 0 Å². The summed E-state index contributed by atoms with van der Waals surface area (Å²) in [6.07, 6.45) is 0.714. The molecule has 2 N–H and O–H groups in total. The molecule has 0 aliphatic carbocycles. The molecule has 1 atom stereocenters. The van der Waals surface area contributed by atoms with E-state index in [-0.39, 0.29) is 11.9 Å². The van der Waals surface area contributed by atoms with Gasteiger partial charge in [-0.05, 0) is 18.3 Å². The van der Waals surface area contributed by atoms with Gasteiger partial charge in [0.15, 0.2) is 0 Å². The van der Waals surface area contributed by atoms with Crippen LogP contribution in [0.2, 0.25) is 0 Å². The van der Waals surface area contributed by atoms with Crippen LogP contribution in [0.1, 0.15) is 41.0 Å². The molecule has 0 radical (unpaired) electrons. The molecule has 0 aromatic heterocycles. The summed E-state index contributed by atoms with van der Waals surface area (Å²) in [6, 6.07) is -0.331. The van der Waals surface area contributed by atoms with Gasteiger partial charge in [0.1, 0.15) is 0 Å². The molecule has 3 heteroatoms. The number of carbonyl (C=O) groups excluding carboxylic acids is 1. The van der Waals surface area contributed by atoms with E-state index in [9.17, 15) is 4.79 Å². The summed E-state index contributed by atoms with van der Waals surface area (Å²) < 4.78 is 0. The van der Waals surface area contributed by atoms with Crippen LogP contribution in [0.25, 0.3) is 0 Å². The van der Waals surface area contributed by atoms with Crippen LogP contribution in [-0.2, 0) is 4.79 Å². The molecular formula is C12H26N2O. The lowest BCUT2D eigenvalue weighted by molar-refractivity contribution is -0.133. The molecule has 0 fully saturated rings. The highest BCUT2D eigenvalue weighted by Gasteiger charge is 2.20. The molecule has 0 bridgehead atoms. The zero-order valence-electron chi connectivity index (χ0n) is 10.8. The minimum atomic E-state index is -0.331. The molecule has 15 heavy (non-hydrogen) atoms. The minimum absolute atomic E-state index is 0.0971. The van der Waals surface area contributed by atoms with E-state index in [1.165, 1.54) is 0 Å². The van der Waals surface area contributed by atoms with Crippen LogP contribution >= 0.6 is 0 Å². The number of nitrogens with two attached hydrogens (primary N) is 1. The van der Waals surface area contributed by atoms with Gasteiger partial charge in [-0.15, -0.1) is 0 Å². The van der Waals surface area contributed by atoms with Crippen molar-refractivity contribution in [2.24, 2.45) is 17.6 Å². The average molecular weight is 214 g/mol. The second-order valence-electron chi connectivity index (χ2n) is 5.05. The van der Waals surface area contributed by atoms with Crippen LogP contribution in [0.4, 0.5) is 0 Å². The quantitative estimate of drug-likeness (QED) is 0.733. The van der Waals surface area contributed by atoms with Crippen molar-refractivity contribution in [1.29, 1.82) is 0 Å². The second kappa shape index (κ2) is 6.83. The van der Waals surface area contributed by atoms with Crippen molar-refractivity contribution in [2.45, 2.75) is 47.1 Å². The molecular weight excluding hydrogens is 188 g/mol. The molecule has 0 heterocycles. The Balaban J connectivity index is 4.40. The summed E-state index contributed by atoms with van der Waals surface area (Å²) in [7, 11) is 0. The maximum Gasteiger partial charge on any atom is 0.239 e. The van der Waals surface area contributed by atoms with Crippen LogP contribution in [0, 0.1) is 11.8 Å². The van der Waals surface area contributed by atoms with Crippen molar-refractivity contribution in [3.05, 3.63) is 0 Å². The van der Waals surface area contributed by atoms with Crippen LogP contribution in [-0.4, -0.2) is 29.9 Å². The molecule has 0 unspecified atom stereocenters. The number of hydrogen-bond donors (Lipinski definition) is 1. The number of carbonyl (C=O) groups is 1. The van der Waals surface area contributed by atoms with E-state index < -0.39 is 0 Å². The molecule has 0 aromatic carbocycles. The SMILES string of the molecule is CC[C@@H](N)C(=O)N(CC(C)C)CC(C)C. The Morgan fingerprint density at radius 2 is 1.53 bits per heavy atom. The number of nitrogens with zero attached hydrogens (tertiary/aromatic N) is 1. The lowest BCUT2D eigenvalue weighted by atomic mass is 10.1. The highest BCUT2D eigenvalue weighted by atomic mass is 16.2. The summed E-state index contributed by atoms with van der Waals surface area (Å²) in [5.74, 6) is 1.09. The summed E-state index contributed by atoms with van der Waals surface area (Å²) in [5, 5.41) is 0. The highest BCUT2D eigenvalue weighted by molar-refractivity contribution is 5.81. The van der Waals surface area contributed by atoms with E-state index in [1.54, 1.807) is 0 Å². The topological polar surface area (TPSA) is 46.3 Å². The van der Waals surface area contributed by atoms with Gasteiger partial charge in [-0.25, -0.2) is 0 Å². The molecule has 3 nitrogen and oxygen atoms in total. The first-order valence-electron chi connectivity index (χ1n) is 5.92. The standard InChI is InChI=1S/C12H26N2O/c1-6-11(13)12(15)14(7-9(2)3)8-10(4)5/h9-11H,6-8,13H2,1-5H3/t11-/m1/s1. The first kappa shape index (κ1) is 14.4. The molecule has 0 aliphatic rings. The van der Waals surface area contributed by atoms with Crippen molar-refractivity contribution in [2.75, 3.05) is 13.1 Å². The largest absolute Gasteiger partial charge is 0.341 e. The number of rotatable bonds is 6. The van der Waals surface area contributed by atoms with Crippen LogP contribution in [0.5, 0.6) is 0 Å². The minimum Gasteiger partial charge on any atom is -0.341 e.